The van der Waals surface area contributed by atoms with Crippen molar-refractivity contribution in [1.29, 1.82) is 0 Å². The molecule has 0 fully saturated rings. The monoisotopic (exact) mass is 500 g/mol. The van der Waals surface area contributed by atoms with E-state index in [-0.39, 0.29) is 11.5 Å². The van der Waals surface area contributed by atoms with Crippen LogP contribution in [0.25, 0.3) is 22.3 Å². The number of hydrogen-bond donors (Lipinski definition) is 4. The van der Waals surface area contributed by atoms with Crippen molar-refractivity contribution in [2.24, 2.45) is 0 Å². The Morgan fingerprint density at radius 1 is 0.622 bits per heavy atom. The van der Waals surface area contributed by atoms with Gasteiger partial charge in [-0.2, -0.15) is 0 Å². The molecule has 9 nitrogen and oxygen atoms in total. The molecule has 4 N–H and O–H groups in total. The van der Waals surface area contributed by atoms with Crippen LogP contribution < -0.4 is 15.4 Å². The maximum atomic E-state index is 11.8. The maximum Gasteiger partial charge on any atom is 0.411 e. The van der Waals surface area contributed by atoms with Crippen LogP contribution in [-0.4, -0.2) is 36.6 Å². The van der Waals surface area contributed by atoms with Gasteiger partial charge in [-0.25, -0.2) is 9.59 Å². The highest BCUT2D eigenvalue weighted by atomic mass is 16.5. The normalized spacial score (nSPS) is 10.3. The summed E-state index contributed by atoms with van der Waals surface area (Å²) >= 11 is 0. The molecule has 0 saturated carbocycles. The van der Waals surface area contributed by atoms with Crippen LogP contribution >= 0.6 is 0 Å². The lowest BCUT2D eigenvalue weighted by Crippen LogP contribution is -2.11. The fraction of sp³-hybridized carbons (Fsp3) is 0.0714. The molecule has 0 heterocycles. The van der Waals surface area contributed by atoms with E-state index in [0.29, 0.717) is 45.1 Å². The van der Waals surface area contributed by atoms with Gasteiger partial charge in [-0.3, -0.25) is 10.6 Å². The summed E-state index contributed by atoms with van der Waals surface area (Å²) in [5.74, 6) is 0.981. The third-order valence-corrected chi connectivity index (χ3v) is 5.36. The fourth-order valence-electron chi connectivity index (χ4n) is 3.65. The van der Waals surface area contributed by atoms with Crippen LogP contribution in [0.3, 0.4) is 0 Å². The van der Waals surface area contributed by atoms with E-state index in [9.17, 15) is 19.8 Å². The fourth-order valence-corrected chi connectivity index (χ4v) is 3.65. The molecule has 0 radical (unpaired) electrons. The molecule has 2 amide bonds. The minimum Gasteiger partial charge on any atom is -0.508 e. The van der Waals surface area contributed by atoms with Crippen molar-refractivity contribution in [3.8, 4) is 45.3 Å². The molecular weight excluding hydrogens is 476 g/mol. The summed E-state index contributed by atoms with van der Waals surface area (Å²) in [7, 11) is 2.54. The van der Waals surface area contributed by atoms with Crippen LogP contribution in [0.2, 0.25) is 0 Å². The number of aromatic hydroxyl groups is 2. The molecule has 0 saturated heterocycles. The minimum atomic E-state index is -0.629. The number of carbonyl (C=O) groups is 2. The lowest BCUT2D eigenvalue weighted by molar-refractivity contribution is 0.186. The molecule has 4 aromatic rings. The van der Waals surface area contributed by atoms with E-state index < -0.39 is 12.2 Å². The van der Waals surface area contributed by atoms with E-state index in [0.717, 1.165) is 0 Å². The Hall–Kier alpha value is -5.18. The Kier molecular flexibility index (Phi) is 7.44. The summed E-state index contributed by atoms with van der Waals surface area (Å²) in [6, 6.07) is 23.3. The molecule has 188 valence electrons. The lowest BCUT2D eigenvalue weighted by Gasteiger charge is -2.17. The largest absolute Gasteiger partial charge is 0.508 e. The van der Waals surface area contributed by atoms with Gasteiger partial charge in [-0.15, -0.1) is 0 Å². The quantitative estimate of drug-likeness (QED) is 0.235. The Bertz CT molecular complexity index is 1340. The van der Waals surface area contributed by atoms with Crippen LogP contribution in [0.1, 0.15) is 0 Å². The zero-order valence-corrected chi connectivity index (χ0v) is 20.0. The third-order valence-electron chi connectivity index (χ3n) is 5.36. The first-order valence-electron chi connectivity index (χ1n) is 11.1. The number of rotatable bonds is 6. The van der Waals surface area contributed by atoms with E-state index in [1.54, 1.807) is 84.9 Å². The number of nitrogens with one attached hydrogen (secondary N) is 2. The molecule has 0 unspecified atom stereocenters. The molecule has 0 atom stereocenters. The SMILES string of the molecule is COC(=O)Nc1ccc(Oc2ccc(NC(=O)OC)cc2-c2cccc(O)c2)c(-c2cccc(O)c2)c1. The molecule has 0 aliphatic heterocycles. The summed E-state index contributed by atoms with van der Waals surface area (Å²) in [5.41, 5.74) is 3.39. The predicted octanol–water partition coefficient (Wildman–Crippen LogP) is 6.58. The number of amides is 2. The number of carbonyl (C=O) groups excluding carboxylic acids is 2. The average molecular weight is 501 g/mol. The predicted molar refractivity (Wildman–Crippen MR) is 139 cm³/mol. The van der Waals surface area contributed by atoms with Gasteiger partial charge in [0.05, 0.1) is 14.2 Å². The second-order valence-electron chi connectivity index (χ2n) is 7.86. The number of phenolic OH excluding ortho intramolecular Hbond substituents is 2. The van der Waals surface area contributed by atoms with Gasteiger partial charge < -0.3 is 24.4 Å². The Morgan fingerprint density at radius 3 is 1.43 bits per heavy atom. The smallest absolute Gasteiger partial charge is 0.411 e. The van der Waals surface area contributed by atoms with Crippen molar-refractivity contribution in [3.63, 3.8) is 0 Å². The van der Waals surface area contributed by atoms with Crippen LogP contribution in [0.5, 0.6) is 23.0 Å². The van der Waals surface area contributed by atoms with Crippen molar-refractivity contribution in [1.82, 2.24) is 0 Å². The van der Waals surface area contributed by atoms with Crippen molar-refractivity contribution >= 4 is 23.6 Å². The van der Waals surface area contributed by atoms with E-state index in [1.807, 2.05) is 0 Å². The molecule has 0 aliphatic carbocycles. The molecule has 9 heteroatoms. The molecule has 37 heavy (non-hydrogen) atoms. The molecular formula is C28H24N2O7. The minimum absolute atomic E-state index is 0.0634. The van der Waals surface area contributed by atoms with Gasteiger partial charge in [0.2, 0.25) is 0 Å². The zero-order valence-electron chi connectivity index (χ0n) is 20.0. The highest BCUT2D eigenvalue weighted by molar-refractivity contribution is 5.88. The van der Waals surface area contributed by atoms with Crippen LogP contribution in [0.4, 0.5) is 21.0 Å². The van der Waals surface area contributed by atoms with Crippen molar-refractivity contribution < 1.29 is 34.0 Å². The molecule has 0 bridgehead atoms. The molecule has 0 aromatic heterocycles. The topological polar surface area (TPSA) is 126 Å². The second kappa shape index (κ2) is 11.0. The number of phenols is 2. The molecule has 4 rings (SSSR count). The van der Waals surface area contributed by atoms with Gasteiger partial charge in [0.1, 0.15) is 23.0 Å². The number of ether oxygens (including phenoxy) is 3. The second-order valence-corrected chi connectivity index (χ2v) is 7.86. The first-order chi connectivity index (χ1) is 17.9. The van der Waals surface area contributed by atoms with E-state index in [2.05, 4.69) is 20.1 Å². The number of methoxy groups -OCH3 is 2. The van der Waals surface area contributed by atoms with Gasteiger partial charge in [-0.1, -0.05) is 24.3 Å². The number of hydrogen-bond acceptors (Lipinski definition) is 7. The maximum absolute atomic E-state index is 11.8. The Balaban J connectivity index is 1.81. The van der Waals surface area contributed by atoms with Crippen LogP contribution in [-0.2, 0) is 9.47 Å². The Labute approximate surface area is 212 Å². The number of benzene rings is 4. The molecule has 4 aromatic carbocycles. The summed E-state index contributed by atoms with van der Waals surface area (Å²) < 4.78 is 15.7. The van der Waals surface area contributed by atoms with E-state index in [4.69, 9.17) is 4.74 Å². The first kappa shape index (κ1) is 24.9. The average Bonchev–Trinajstić information content (AvgIpc) is 2.90. The van der Waals surface area contributed by atoms with Gasteiger partial charge >= 0.3 is 12.2 Å². The van der Waals surface area contributed by atoms with Gasteiger partial charge in [0, 0.05) is 22.5 Å². The standard InChI is InChI=1S/C28H24N2O7/c1-35-27(33)29-19-9-11-25(23(15-19)17-5-3-7-21(31)13-17)37-26-12-10-20(30-28(34)36-2)16-24(26)18-6-4-8-22(32)14-18/h3-16,31-32H,1-2H3,(H,29,33)(H,30,34). The van der Waals surface area contributed by atoms with Crippen LogP contribution in [0, 0.1) is 0 Å². The van der Waals surface area contributed by atoms with Crippen LogP contribution in [0.15, 0.2) is 84.9 Å². The lowest BCUT2D eigenvalue weighted by atomic mass is 10.0. The highest BCUT2D eigenvalue weighted by Crippen LogP contribution is 2.41. The summed E-state index contributed by atoms with van der Waals surface area (Å²) in [6.45, 7) is 0. The Morgan fingerprint density at radius 2 is 1.05 bits per heavy atom. The van der Waals surface area contributed by atoms with E-state index in [1.165, 1.54) is 14.2 Å². The van der Waals surface area contributed by atoms with E-state index >= 15 is 0 Å². The van der Waals surface area contributed by atoms with Crippen molar-refractivity contribution in [3.05, 3.63) is 84.9 Å². The van der Waals surface area contributed by atoms with Gasteiger partial charge in [-0.05, 0) is 71.8 Å². The first-order valence-corrected chi connectivity index (χ1v) is 11.1. The third kappa shape index (κ3) is 6.09. The van der Waals surface area contributed by atoms with Gasteiger partial charge in [0.15, 0.2) is 0 Å². The molecule has 0 aliphatic rings. The summed E-state index contributed by atoms with van der Waals surface area (Å²) in [5, 5.41) is 25.3. The molecule has 0 spiro atoms. The van der Waals surface area contributed by atoms with Crippen molar-refractivity contribution in [2.45, 2.75) is 0 Å². The zero-order chi connectivity index (χ0) is 26.4. The highest BCUT2D eigenvalue weighted by Gasteiger charge is 2.16. The summed E-state index contributed by atoms with van der Waals surface area (Å²) in [6.07, 6.45) is -1.26. The summed E-state index contributed by atoms with van der Waals surface area (Å²) in [4.78, 5) is 23.5. The number of anilines is 2. The van der Waals surface area contributed by atoms with Gasteiger partial charge in [0.25, 0.3) is 0 Å². The van der Waals surface area contributed by atoms with Crippen molar-refractivity contribution in [2.75, 3.05) is 24.9 Å².